The maximum absolute atomic E-state index is 12.0. The van der Waals surface area contributed by atoms with Crippen molar-refractivity contribution in [2.24, 2.45) is 5.92 Å². The molecule has 0 aliphatic heterocycles. The van der Waals surface area contributed by atoms with Gasteiger partial charge in [0.15, 0.2) is 0 Å². The molecule has 0 unspecified atom stereocenters. The molecule has 1 aromatic carbocycles. The van der Waals surface area contributed by atoms with E-state index in [1.54, 1.807) is 31.2 Å². The van der Waals surface area contributed by atoms with Crippen LogP contribution in [0.15, 0.2) is 24.3 Å². The number of rotatable bonds is 6. The Kier molecular flexibility index (Phi) is 6.97. The summed E-state index contributed by atoms with van der Waals surface area (Å²) in [4.78, 5) is 23.9. The first kappa shape index (κ1) is 17.6. The molecule has 118 valence electrons. The Hall–Kier alpha value is -2.48. The van der Waals surface area contributed by atoms with E-state index in [-0.39, 0.29) is 12.5 Å². The van der Waals surface area contributed by atoms with E-state index >= 15 is 0 Å². The van der Waals surface area contributed by atoms with Gasteiger partial charge in [-0.2, -0.15) is 0 Å². The van der Waals surface area contributed by atoms with E-state index < -0.39 is 18.0 Å². The van der Waals surface area contributed by atoms with Gasteiger partial charge < -0.3 is 15.4 Å². The van der Waals surface area contributed by atoms with Crippen molar-refractivity contribution in [2.75, 3.05) is 11.9 Å². The Morgan fingerprint density at radius 1 is 1.27 bits per heavy atom. The highest BCUT2D eigenvalue weighted by Crippen LogP contribution is 2.10. The van der Waals surface area contributed by atoms with Crippen molar-refractivity contribution in [3.05, 3.63) is 29.8 Å². The first-order chi connectivity index (χ1) is 10.5. The summed E-state index contributed by atoms with van der Waals surface area (Å²) in [7, 11) is 0. The molecule has 0 aliphatic carbocycles. The number of hydrogen-bond donors (Lipinski definition) is 2. The van der Waals surface area contributed by atoms with Crippen molar-refractivity contribution in [3.63, 3.8) is 0 Å². The number of terminal acetylenes is 1. The van der Waals surface area contributed by atoms with Crippen LogP contribution in [0.1, 0.15) is 32.8 Å². The number of carbonyl (C=O) groups excluding carboxylic acids is 2. The van der Waals surface area contributed by atoms with Gasteiger partial charge in [0.1, 0.15) is 6.04 Å². The van der Waals surface area contributed by atoms with Gasteiger partial charge in [0.2, 0.25) is 0 Å². The standard InChI is InChI=1S/C17H22N2O3/c1-5-13-7-9-14(10-8-13)18-17(21)19-15(11-12(3)4)16(20)22-6-2/h1,7-10,12,15H,6,11H2,2-4H3,(H2,18,19,21)/t15-/m1/s1. The summed E-state index contributed by atoms with van der Waals surface area (Å²) in [5.41, 5.74) is 1.33. The lowest BCUT2D eigenvalue weighted by Crippen LogP contribution is -2.44. The number of nitrogens with one attached hydrogen (secondary N) is 2. The van der Waals surface area contributed by atoms with Crippen molar-refractivity contribution in [3.8, 4) is 12.3 Å². The summed E-state index contributed by atoms with van der Waals surface area (Å²) in [5, 5.41) is 5.31. The van der Waals surface area contributed by atoms with Crippen LogP contribution in [0.4, 0.5) is 10.5 Å². The maximum atomic E-state index is 12.0. The molecular formula is C17H22N2O3. The van der Waals surface area contributed by atoms with Gasteiger partial charge in [0.25, 0.3) is 0 Å². The van der Waals surface area contributed by atoms with Crippen LogP contribution in [0.2, 0.25) is 0 Å². The Morgan fingerprint density at radius 2 is 1.91 bits per heavy atom. The van der Waals surface area contributed by atoms with Gasteiger partial charge in [-0.15, -0.1) is 6.42 Å². The Labute approximate surface area is 131 Å². The van der Waals surface area contributed by atoms with Gasteiger partial charge in [0, 0.05) is 11.3 Å². The summed E-state index contributed by atoms with van der Waals surface area (Å²) in [6.07, 6.45) is 5.79. The second-order valence-electron chi connectivity index (χ2n) is 5.25. The molecule has 0 saturated heterocycles. The minimum Gasteiger partial charge on any atom is -0.464 e. The summed E-state index contributed by atoms with van der Waals surface area (Å²) >= 11 is 0. The molecule has 1 aromatic rings. The zero-order valence-electron chi connectivity index (χ0n) is 13.2. The number of carbonyl (C=O) groups is 2. The molecule has 0 radical (unpaired) electrons. The van der Waals surface area contributed by atoms with Gasteiger partial charge in [-0.3, -0.25) is 0 Å². The van der Waals surface area contributed by atoms with E-state index in [1.165, 1.54) is 0 Å². The monoisotopic (exact) mass is 302 g/mol. The van der Waals surface area contributed by atoms with Crippen molar-refractivity contribution in [1.29, 1.82) is 0 Å². The van der Waals surface area contributed by atoms with Crippen LogP contribution < -0.4 is 10.6 Å². The molecule has 1 atom stereocenters. The van der Waals surface area contributed by atoms with Crippen molar-refractivity contribution in [2.45, 2.75) is 33.2 Å². The molecule has 0 heterocycles. The van der Waals surface area contributed by atoms with E-state index in [2.05, 4.69) is 16.6 Å². The second-order valence-corrected chi connectivity index (χ2v) is 5.25. The highest BCUT2D eigenvalue weighted by atomic mass is 16.5. The molecule has 2 N–H and O–H groups in total. The number of urea groups is 1. The summed E-state index contributed by atoms with van der Waals surface area (Å²) in [6, 6.07) is 5.75. The summed E-state index contributed by atoms with van der Waals surface area (Å²) in [5.74, 6) is 2.33. The van der Waals surface area contributed by atoms with Crippen LogP contribution >= 0.6 is 0 Å². The van der Waals surface area contributed by atoms with Crippen LogP contribution in [0.25, 0.3) is 0 Å². The molecule has 2 amide bonds. The van der Waals surface area contributed by atoms with Gasteiger partial charge in [-0.05, 0) is 43.5 Å². The number of amides is 2. The maximum Gasteiger partial charge on any atom is 0.328 e. The predicted molar refractivity (Wildman–Crippen MR) is 86.4 cm³/mol. The molecule has 0 saturated carbocycles. The fourth-order valence-corrected chi connectivity index (χ4v) is 1.90. The van der Waals surface area contributed by atoms with Gasteiger partial charge in [-0.1, -0.05) is 19.8 Å². The summed E-state index contributed by atoms with van der Waals surface area (Å²) < 4.78 is 4.98. The van der Waals surface area contributed by atoms with E-state index in [9.17, 15) is 9.59 Å². The third-order valence-corrected chi connectivity index (χ3v) is 2.89. The fraction of sp³-hybridized carbons (Fsp3) is 0.412. The fourth-order valence-electron chi connectivity index (χ4n) is 1.90. The SMILES string of the molecule is C#Cc1ccc(NC(=O)N[C@H](CC(C)C)C(=O)OCC)cc1. The number of hydrogen-bond acceptors (Lipinski definition) is 3. The smallest absolute Gasteiger partial charge is 0.328 e. The quantitative estimate of drug-likeness (QED) is 0.627. The number of esters is 1. The van der Waals surface area contributed by atoms with E-state index in [1.807, 2.05) is 13.8 Å². The number of ether oxygens (including phenoxy) is 1. The lowest BCUT2D eigenvalue weighted by Gasteiger charge is -2.19. The van der Waals surface area contributed by atoms with Gasteiger partial charge >= 0.3 is 12.0 Å². The third-order valence-electron chi connectivity index (χ3n) is 2.89. The molecule has 0 aromatic heterocycles. The van der Waals surface area contributed by atoms with E-state index in [0.29, 0.717) is 12.1 Å². The second kappa shape index (κ2) is 8.73. The lowest BCUT2D eigenvalue weighted by molar-refractivity contribution is -0.145. The first-order valence-electron chi connectivity index (χ1n) is 7.27. The minimum absolute atomic E-state index is 0.254. The Morgan fingerprint density at radius 3 is 2.41 bits per heavy atom. The van der Waals surface area contributed by atoms with E-state index in [4.69, 9.17) is 11.2 Å². The molecule has 5 nitrogen and oxygen atoms in total. The average Bonchev–Trinajstić information content (AvgIpc) is 2.47. The van der Waals surface area contributed by atoms with Crippen LogP contribution in [-0.2, 0) is 9.53 Å². The normalized spacial score (nSPS) is 11.4. The van der Waals surface area contributed by atoms with Crippen LogP contribution in [-0.4, -0.2) is 24.6 Å². The van der Waals surface area contributed by atoms with Crippen LogP contribution in [0.5, 0.6) is 0 Å². The molecule has 0 bridgehead atoms. The number of benzene rings is 1. The van der Waals surface area contributed by atoms with Gasteiger partial charge in [-0.25, -0.2) is 9.59 Å². The minimum atomic E-state index is -0.662. The van der Waals surface area contributed by atoms with Gasteiger partial charge in [0.05, 0.1) is 6.61 Å². The predicted octanol–water partition coefficient (Wildman–Crippen LogP) is 2.77. The zero-order chi connectivity index (χ0) is 16.5. The molecule has 0 fully saturated rings. The van der Waals surface area contributed by atoms with Crippen LogP contribution in [0, 0.1) is 18.3 Å². The lowest BCUT2D eigenvalue weighted by atomic mass is 10.0. The highest BCUT2D eigenvalue weighted by molar-refractivity contribution is 5.92. The Bertz CT molecular complexity index is 544. The topological polar surface area (TPSA) is 67.4 Å². The molecule has 1 rings (SSSR count). The molecule has 22 heavy (non-hydrogen) atoms. The molecular weight excluding hydrogens is 280 g/mol. The van der Waals surface area contributed by atoms with Crippen LogP contribution in [0.3, 0.4) is 0 Å². The third kappa shape index (κ3) is 5.88. The zero-order valence-corrected chi connectivity index (χ0v) is 13.2. The highest BCUT2D eigenvalue weighted by Gasteiger charge is 2.23. The number of anilines is 1. The largest absolute Gasteiger partial charge is 0.464 e. The first-order valence-corrected chi connectivity index (χ1v) is 7.27. The Balaban J connectivity index is 2.65. The van der Waals surface area contributed by atoms with Crippen molar-refractivity contribution in [1.82, 2.24) is 5.32 Å². The summed E-state index contributed by atoms with van der Waals surface area (Å²) in [6.45, 7) is 5.97. The van der Waals surface area contributed by atoms with E-state index in [0.717, 1.165) is 5.56 Å². The molecule has 5 heteroatoms. The van der Waals surface area contributed by atoms with Crippen molar-refractivity contribution < 1.29 is 14.3 Å². The molecule has 0 spiro atoms. The average molecular weight is 302 g/mol. The molecule has 0 aliphatic rings. The van der Waals surface area contributed by atoms with Crippen molar-refractivity contribution >= 4 is 17.7 Å².